The summed E-state index contributed by atoms with van der Waals surface area (Å²) in [5.74, 6) is 0. The maximum atomic E-state index is 11.3. The van der Waals surface area contributed by atoms with Crippen molar-refractivity contribution >= 4 is 6.03 Å². The molecule has 5 N–H and O–H groups in total. The lowest BCUT2D eigenvalue weighted by molar-refractivity contribution is -0.233. The first-order valence-electron chi connectivity index (χ1n) is 5.10. The number of nitrogens with one attached hydrogen (secondary N) is 1. The van der Waals surface area contributed by atoms with Gasteiger partial charge < -0.3 is 30.5 Å². The van der Waals surface area contributed by atoms with E-state index in [2.05, 4.69) is 10.6 Å². The maximum absolute atomic E-state index is 11.3. The van der Waals surface area contributed by atoms with Gasteiger partial charge in [0.05, 0.1) is 11.9 Å². The molecule has 1 aliphatic rings. The highest BCUT2D eigenvalue weighted by Crippen LogP contribution is 2.19. The molecule has 1 heterocycles. The molecule has 104 valence electrons. The molecule has 10 heteroatoms. The molecule has 1 fully saturated rings. The number of carbonyl (C=O) groups excluding carboxylic acids is 1. The molecule has 1 saturated heterocycles. The van der Waals surface area contributed by atoms with E-state index in [-0.39, 0.29) is 0 Å². The van der Waals surface area contributed by atoms with Crippen molar-refractivity contribution in [1.82, 2.24) is 10.3 Å². The molecule has 18 heavy (non-hydrogen) atoms. The van der Waals surface area contributed by atoms with Crippen LogP contribution in [0.3, 0.4) is 0 Å². The standard InChI is InChI=1S/C8H15N3O7/c1-11(10-17)8(16)9-7-6(15)5(14)4(13)3(2-12)18-7/h3-7,12-15H,2H2,1H3,(H,9,16)/t3-,4+,5+,6+,7-/m1/s1. The minimum Gasteiger partial charge on any atom is -0.394 e. The summed E-state index contributed by atoms with van der Waals surface area (Å²) < 4.78 is 4.98. The molecule has 0 saturated carbocycles. The highest BCUT2D eigenvalue weighted by Gasteiger charge is 2.44. The molecule has 1 aliphatic heterocycles. The monoisotopic (exact) mass is 265 g/mol. The summed E-state index contributed by atoms with van der Waals surface area (Å²) in [7, 11) is 1.08. The second-order valence-electron chi connectivity index (χ2n) is 3.80. The third-order valence-corrected chi connectivity index (χ3v) is 2.57. The molecule has 0 unspecified atom stereocenters. The zero-order chi connectivity index (χ0) is 13.9. The molecule has 1 rings (SSSR count). The van der Waals surface area contributed by atoms with E-state index >= 15 is 0 Å². The van der Waals surface area contributed by atoms with Crippen LogP contribution in [0.5, 0.6) is 0 Å². The number of nitroso groups, excluding NO2 is 1. The van der Waals surface area contributed by atoms with Crippen molar-refractivity contribution < 1.29 is 30.0 Å². The Morgan fingerprint density at radius 2 is 1.94 bits per heavy atom. The average Bonchev–Trinajstić information content (AvgIpc) is 2.38. The van der Waals surface area contributed by atoms with Gasteiger partial charge in [0, 0.05) is 7.05 Å². The number of aliphatic hydroxyl groups is 4. The van der Waals surface area contributed by atoms with Crippen molar-refractivity contribution in [3.63, 3.8) is 0 Å². The summed E-state index contributed by atoms with van der Waals surface area (Å²) in [6.45, 7) is -0.612. The summed E-state index contributed by atoms with van der Waals surface area (Å²) in [4.78, 5) is 21.4. The van der Waals surface area contributed by atoms with Crippen LogP contribution in [-0.2, 0) is 4.74 Å². The predicted molar refractivity (Wildman–Crippen MR) is 55.9 cm³/mol. The highest BCUT2D eigenvalue weighted by molar-refractivity contribution is 5.73. The Kier molecular flexibility index (Phi) is 4.93. The van der Waals surface area contributed by atoms with E-state index in [0.29, 0.717) is 5.01 Å². The van der Waals surface area contributed by atoms with Gasteiger partial charge in [-0.05, 0) is 0 Å². The summed E-state index contributed by atoms with van der Waals surface area (Å²) in [6.07, 6.45) is -7.23. The van der Waals surface area contributed by atoms with E-state index in [4.69, 9.17) is 9.84 Å². The maximum Gasteiger partial charge on any atom is 0.342 e. The lowest BCUT2D eigenvalue weighted by Crippen LogP contribution is -2.63. The molecule has 0 aromatic heterocycles. The molecule has 0 radical (unpaired) electrons. The fourth-order valence-electron chi connectivity index (χ4n) is 1.47. The largest absolute Gasteiger partial charge is 0.394 e. The lowest BCUT2D eigenvalue weighted by atomic mass is 9.98. The Bertz CT molecular complexity index is 313. The van der Waals surface area contributed by atoms with Crippen molar-refractivity contribution in [3.05, 3.63) is 4.91 Å². The van der Waals surface area contributed by atoms with Crippen molar-refractivity contribution in [1.29, 1.82) is 0 Å². The van der Waals surface area contributed by atoms with Crippen LogP contribution in [-0.4, -0.2) is 75.8 Å². The summed E-state index contributed by atoms with van der Waals surface area (Å²) in [6, 6.07) is -0.964. The number of hydrogen-bond donors (Lipinski definition) is 5. The SMILES string of the molecule is CN(N=O)C(=O)N[C@@H]1O[C@H](CO)[C@H](O)[C@H](O)[C@@H]1O. The van der Waals surface area contributed by atoms with E-state index in [9.17, 15) is 25.0 Å². The van der Waals surface area contributed by atoms with E-state index < -0.39 is 43.3 Å². The van der Waals surface area contributed by atoms with Gasteiger partial charge in [-0.2, -0.15) is 5.01 Å². The number of rotatable bonds is 3. The van der Waals surface area contributed by atoms with Crippen molar-refractivity contribution in [2.45, 2.75) is 30.6 Å². The topological polar surface area (TPSA) is 152 Å². The molecule has 5 atom stereocenters. The quantitative estimate of drug-likeness (QED) is 0.271. The molecular weight excluding hydrogens is 250 g/mol. The van der Waals surface area contributed by atoms with Crippen molar-refractivity contribution in [3.8, 4) is 0 Å². The van der Waals surface area contributed by atoms with Crippen LogP contribution in [0, 0.1) is 4.91 Å². The van der Waals surface area contributed by atoms with Gasteiger partial charge in [0.15, 0.2) is 6.23 Å². The minimum absolute atomic E-state index is 0.418. The normalized spacial score (nSPS) is 35.9. The van der Waals surface area contributed by atoms with Crippen LogP contribution in [0.25, 0.3) is 0 Å². The number of nitrogens with zero attached hydrogens (tertiary/aromatic N) is 2. The van der Waals surface area contributed by atoms with Crippen LogP contribution in [0.15, 0.2) is 5.29 Å². The van der Waals surface area contributed by atoms with Gasteiger partial charge in [-0.1, -0.05) is 0 Å². The Morgan fingerprint density at radius 1 is 1.33 bits per heavy atom. The Labute approximate surface area is 102 Å². The van der Waals surface area contributed by atoms with Gasteiger partial charge in [-0.15, -0.1) is 4.91 Å². The smallest absolute Gasteiger partial charge is 0.342 e. The lowest BCUT2D eigenvalue weighted by Gasteiger charge is -2.40. The Morgan fingerprint density at radius 3 is 2.44 bits per heavy atom. The van der Waals surface area contributed by atoms with Crippen LogP contribution in [0.4, 0.5) is 4.79 Å². The third kappa shape index (κ3) is 2.91. The average molecular weight is 265 g/mol. The van der Waals surface area contributed by atoms with Crippen molar-refractivity contribution in [2.75, 3.05) is 13.7 Å². The highest BCUT2D eigenvalue weighted by atomic mass is 16.6. The zero-order valence-corrected chi connectivity index (χ0v) is 9.50. The molecule has 0 bridgehead atoms. The fraction of sp³-hybridized carbons (Fsp3) is 0.875. The van der Waals surface area contributed by atoms with E-state index in [0.717, 1.165) is 7.05 Å². The predicted octanol–water partition coefficient (Wildman–Crippen LogP) is -2.89. The fourth-order valence-corrected chi connectivity index (χ4v) is 1.47. The molecule has 0 aromatic carbocycles. The van der Waals surface area contributed by atoms with Gasteiger partial charge in [-0.25, -0.2) is 4.79 Å². The Balaban J connectivity index is 2.70. The molecular formula is C8H15N3O7. The van der Waals surface area contributed by atoms with Crippen molar-refractivity contribution in [2.24, 2.45) is 5.29 Å². The van der Waals surface area contributed by atoms with Crippen LogP contribution < -0.4 is 5.32 Å². The number of aliphatic hydroxyl groups excluding tert-OH is 4. The Hall–Kier alpha value is -1.33. The van der Waals surface area contributed by atoms with Gasteiger partial charge in [0.2, 0.25) is 0 Å². The zero-order valence-electron chi connectivity index (χ0n) is 9.50. The van der Waals surface area contributed by atoms with Gasteiger partial charge in [0.1, 0.15) is 24.4 Å². The summed E-state index contributed by atoms with van der Waals surface area (Å²) in [5.41, 5.74) is 0. The molecule has 2 amide bonds. The third-order valence-electron chi connectivity index (χ3n) is 2.57. The van der Waals surface area contributed by atoms with Crippen LogP contribution in [0.1, 0.15) is 0 Å². The van der Waals surface area contributed by atoms with Gasteiger partial charge >= 0.3 is 6.03 Å². The first-order chi connectivity index (χ1) is 8.42. The van der Waals surface area contributed by atoms with E-state index in [1.54, 1.807) is 0 Å². The van der Waals surface area contributed by atoms with E-state index in [1.165, 1.54) is 0 Å². The second kappa shape index (κ2) is 6.02. The van der Waals surface area contributed by atoms with Gasteiger partial charge in [-0.3, -0.25) is 0 Å². The number of hydrogen-bond acceptors (Lipinski definition) is 8. The van der Waals surface area contributed by atoms with Gasteiger partial charge in [0.25, 0.3) is 0 Å². The molecule has 0 aliphatic carbocycles. The second-order valence-corrected chi connectivity index (χ2v) is 3.80. The number of carbonyl (C=O) groups is 1. The van der Waals surface area contributed by atoms with E-state index in [1.807, 2.05) is 0 Å². The molecule has 0 aromatic rings. The minimum atomic E-state index is -1.60. The number of ether oxygens (including phenoxy) is 1. The first kappa shape index (κ1) is 14.7. The van der Waals surface area contributed by atoms with Crippen LogP contribution >= 0.6 is 0 Å². The number of amides is 2. The summed E-state index contributed by atoms with van der Waals surface area (Å²) in [5, 5.41) is 42.2. The number of urea groups is 1. The summed E-state index contributed by atoms with van der Waals surface area (Å²) >= 11 is 0. The molecule has 10 nitrogen and oxygen atoms in total. The molecule has 0 spiro atoms. The first-order valence-corrected chi connectivity index (χ1v) is 5.10. The van der Waals surface area contributed by atoms with Crippen LogP contribution in [0.2, 0.25) is 0 Å².